The van der Waals surface area contributed by atoms with Crippen molar-refractivity contribution in [2.45, 2.75) is 45.1 Å². The predicted octanol–water partition coefficient (Wildman–Crippen LogP) is 1.89. The standard InChI is InChI=1S/C23H33N3O4/c1-16-4-6-19(7-5-16)23(29)26-13-10-17(11-14-26)20(25-21(27)18-8-9-18)22(28)24-12-3-15-30-2/h4-7,17-18,20H,3,8-15H2,1-2H3,(H,24,28)(H,25,27). The second kappa shape index (κ2) is 10.6. The fourth-order valence-corrected chi connectivity index (χ4v) is 3.87. The van der Waals surface area contributed by atoms with Crippen LogP contribution in [-0.4, -0.2) is 62.0 Å². The Labute approximate surface area is 178 Å². The van der Waals surface area contributed by atoms with E-state index in [1.165, 1.54) is 0 Å². The van der Waals surface area contributed by atoms with Crippen LogP contribution in [0.2, 0.25) is 0 Å². The Morgan fingerprint density at radius 3 is 2.37 bits per heavy atom. The summed E-state index contributed by atoms with van der Waals surface area (Å²) in [6.45, 7) is 4.27. The molecule has 2 aliphatic rings. The van der Waals surface area contributed by atoms with Gasteiger partial charge in [-0.1, -0.05) is 17.7 Å². The normalized spacial score (nSPS) is 18.0. The molecule has 1 aromatic rings. The summed E-state index contributed by atoms with van der Waals surface area (Å²) < 4.78 is 5.02. The number of rotatable bonds is 9. The Morgan fingerprint density at radius 1 is 1.10 bits per heavy atom. The minimum Gasteiger partial charge on any atom is -0.385 e. The van der Waals surface area contributed by atoms with Gasteiger partial charge in [-0.25, -0.2) is 0 Å². The summed E-state index contributed by atoms with van der Waals surface area (Å²) in [4.78, 5) is 39.8. The van der Waals surface area contributed by atoms with Crippen molar-refractivity contribution in [3.8, 4) is 0 Å². The highest BCUT2D eigenvalue weighted by Gasteiger charge is 2.37. The van der Waals surface area contributed by atoms with Crippen LogP contribution >= 0.6 is 0 Å². The lowest BCUT2D eigenvalue weighted by Gasteiger charge is -2.36. The molecule has 164 valence electrons. The van der Waals surface area contributed by atoms with Gasteiger partial charge in [0.15, 0.2) is 0 Å². The Bertz CT molecular complexity index is 737. The maximum Gasteiger partial charge on any atom is 0.253 e. The van der Waals surface area contributed by atoms with E-state index in [9.17, 15) is 14.4 Å². The van der Waals surface area contributed by atoms with E-state index < -0.39 is 6.04 Å². The Morgan fingerprint density at radius 2 is 1.77 bits per heavy atom. The number of carbonyl (C=O) groups is 3. The van der Waals surface area contributed by atoms with Crippen LogP contribution < -0.4 is 10.6 Å². The van der Waals surface area contributed by atoms with Gasteiger partial charge in [0, 0.05) is 44.8 Å². The summed E-state index contributed by atoms with van der Waals surface area (Å²) >= 11 is 0. The molecular formula is C23H33N3O4. The van der Waals surface area contributed by atoms with Crippen molar-refractivity contribution in [3.63, 3.8) is 0 Å². The van der Waals surface area contributed by atoms with Gasteiger partial charge in [0.25, 0.3) is 5.91 Å². The third-order valence-corrected chi connectivity index (χ3v) is 5.95. The summed E-state index contributed by atoms with van der Waals surface area (Å²) in [7, 11) is 1.63. The summed E-state index contributed by atoms with van der Waals surface area (Å²) in [6.07, 6.45) is 3.92. The molecule has 1 unspecified atom stereocenters. The van der Waals surface area contributed by atoms with Gasteiger partial charge in [-0.3, -0.25) is 14.4 Å². The van der Waals surface area contributed by atoms with Crippen molar-refractivity contribution in [1.29, 1.82) is 0 Å². The van der Waals surface area contributed by atoms with Crippen LogP contribution in [0.15, 0.2) is 24.3 Å². The quantitative estimate of drug-likeness (QED) is 0.603. The van der Waals surface area contributed by atoms with E-state index in [0.29, 0.717) is 44.6 Å². The zero-order valence-corrected chi connectivity index (χ0v) is 18.0. The number of hydrogen-bond acceptors (Lipinski definition) is 4. The Hall–Kier alpha value is -2.41. The molecule has 1 aromatic carbocycles. The molecule has 2 fully saturated rings. The van der Waals surface area contributed by atoms with Gasteiger partial charge in [0.2, 0.25) is 11.8 Å². The number of carbonyl (C=O) groups excluding carboxylic acids is 3. The SMILES string of the molecule is COCCCNC(=O)C(NC(=O)C1CC1)C1CCN(C(=O)c2ccc(C)cc2)CC1. The minimum absolute atomic E-state index is 0.0230. The summed E-state index contributed by atoms with van der Waals surface area (Å²) in [6, 6.07) is 7.05. The lowest BCUT2D eigenvalue weighted by atomic mass is 9.88. The van der Waals surface area contributed by atoms with E-state index in [1.807, 2.05) is 36.1 Å². The van der Waals surface area contributed by atoms with Crippen LogP contribution in [0.3, 0.4) is 0 Å². The van der Waals surface area contributed by atoms with E-state index in [1.54, 1.807) is 7.11 Å². The van der Waals surface area contributed by atoms with E-state index in [-0.39, 0.29) is 29.6 Å². The summed E-state index contributed by atoms with van der Waals surface area (Å²) in [5, 5.41) is 5.92. The van der Waals surface area contributed by atoms with Gasteiger partial charge in [-0.2, -0.15) is 0 Å². The number of benzene rings is 1. The maximum atomic E-state index is 12.8. The predicted molar refractivity (Wildman–Crippen MR) is 114 cm³/mol. The maximum absolute atomic E-state index is 12.8. The molecule has 1 saturated carbocycles. The first-order valence-corrected chi connectivity index (χ1v) is 10.9. The summed E-state index contributed by atoms with van der Waals surface area (Å²) in [5.41, 5.74) is 1.81. The van der Waals surface area contributed by atoms with Gasteiger partial charge in [-0.05, 0) is 57.1 Å². The number of nitrogens with zero attached hydrogens (tertiary/aromatic N) is 1. The molecule has 7 heteroatoms. The van der Waals surface area contributed by atoms with Gasteiger partial charge < -0.3 is 20.3 Å². The van der Waals surface area contributed by atoms with Crippen molar-refractivity contribution >= 4 is 17.7 Å². The third-order valence-electron chi connectivity index (χ3n) is 5.95. The number of hydrogen-bond donors (Lipinski definition) is 2. The number of methoxy groups -OCH3 is 1. The Balaban J connectivity index is 1.57. The highest BCUT2D eigenvalue weighted by atomic mass is 16.5. The first-order valence-electron chi connectivity index (χ1n) is 10.9. The zero-order chi connectivity index (χ0) is 21.5. The van der Waals surface area contributed by atoms with Crippen LogP contribution in [0.4, 0.5) is 0 Å². The van der Waals surface area contributed by atoms with Crippen molar-refractivity contribution in [2.75, 3.05) is 33.4 Å². The first-order chi connectivity index (χ1) is 14.5. The van der Waals surface area contributed by atoms with Gasteiger partial charge >= 0.3 is 0 Å². The van der Waals surface area contributed by atoms with Gasteiger partial charge in [-0.15, -0.1) is 0 Å². The van der Waals surface area contributed by atoms with Crippen LogP contribution in [0.1, 0.15) is 48.0 Å². The molecule has 30 heavy (non-hydrogen) atoms. The van der Waals surface area contributed by atoms with E-state index in [4.69, 9.17) is 4.74 Å². The molecule has 0 aromatic heterocycles. The highest BCUT2D eigenvalue weighted by Crippen LogP contribution is 2.30. The molecule has 0 spiro atoms. The topological polar surface area (TPSA) is 87.7 Å². The van der Waals surface area contributed by atoms with E-state index >= 15 is 0 Å². The zero-order valence-electron chi connectivity index (χ0n) is 18.0. The molecular weight excluding hydrogens is 382 g/mol. The van der Waals surface area contributed by atoms with Crippen LogP contribution in [0.25, 0.3) is 0 Å². The van der Waals surface area contributed by atoms with Crippen LogP contribution in [0, 0.1) is 18.8 Å². The average molecular weight is 416 g/mol. The van der Waals surface area contributed by atoms with Crippen LogP contribution in [-0.2, 0) is 14.3 Å². The second-order valence-electron chi connectivity index (χ2n) is 8.39. The molecule has 7 nitrogen and oxygen atoms in total. The minimum atomic E-state index is -0.544. The average Bonchev–Trinajstić information content (AvgIpc) is 3.60. The van der Waals surface area contributed by atoms with E-state index in [0.717, 1.165) is 24.8 Å². The number of likely N-dealkylation sites (tertiary alicyclic amines) is 1. The highest BCUT2D eigenvalue weighted by molar-refractivity contribution is 5.94. The number of piperidine rings is 1. The van der Waals surface area contributed by atoms with Crippen LogP contribution in [0.5, 0.6) is 0 Å². The largest absolute Gasteiger partial charge is 0.385 e. The lowest BCUT2D eigenvalue weighted by Crippen LogP contribution is -2.54. The molecule has 1 heterocycles. The molecule has 1 aliphatic heterocycles. The van der Waals surface area contributed by atoms with Crippen molar-refractivity contribution in [2.24, 2.45) is 11.8 Å². The Kier molecular flexibility index (Phi) is 7.85. The number of nitrogens with one attached hydrogen (secondary N) is 2. The van der Waals surface area contributed by atoms with Crippen molar-refractivity contribution in [1.82, 2.24) is 15.5 Å². The summed E-state index contributed by atoms with van der Waals surface area (Å²) in [5.74, 6) is -0.0566. The van der Waals surface area contributed by atoms with Crippen molar-refractivity contribution in [3.05, 3.63) is 35.4 Å². The second-order valence-corrected chi connectivity index (χ2v) is 8.39. The monoisotopic (exact) mass is 415 g/mol. The molecule has 1 aliphatic carbocycles. The van der Waals surface area contributed by atoms with E-state index in [2.05, 4.69) is 10.6 Å². The van der Waals surface area contributed by atoms with Gasteiger partial charge in [0.05, 0.1) is 0 Å². The number of ether oxygens (including phenoxy) is 1. The fraction of sp³-hybridized carbons (Fsp3) is 0.609. The molecule has 3 rings (SSSR count). The number of amides is 3. The molecule has 1 atom stereocenters. The molecule has 1 saturated heterocycles. The lowest BCUT2D eigenvalue weighted by molar-refractivity contribution is -0.131. The molecule has 0 radical (unpaired) electrons. The number of aryl methyl sites for hydroxylation is 1. The van der Waals surface area contributed by atoms with Gasteiger partial charge in [0.1, 0.15) is 6.04 Å². The molecule has 0 bridgehead atoms. The third kappa shape index (κ3) is 6.05. The fourth-order valence-electron chi connectivity index (χ4n) is 3.87. The first kappa shape index (κ1) is 22.3. The molecule has 2 N–H and O–H groups in total. The smallest absolute Gasteiger partial charge is 0.253 e. The molecule has 3 amide bonds. The van der Waals surface area contributed by atoms with Crippen molar-refractivity contribution < 1.29 is 19.1 Å².